The maximum absolute atomic E-state index is 11.2. The van der Waals surface area contributed by atoms with Gasteiger partial charge in [-0.05, 0) is 24.5 Å². The summed E-state index contributed by atoms with van der Waals surface area (Å²) in [5.74, 6) is 0.620. The second kappa shape index (κ2) is 7.98. The lowest BCUT2D eigenvalue weighted by Crippen LogP contribution is -2.38. The van der Waals surface area contributed by atoms with Crippen LogP contribution in [0.5, 0.6) is 5.75 Å². The summed E-state index contributed by atoms with van der Waals surface area (Å²) in [6.07, 6.45) is 1.92. The normalized spacial score (nSPS) is 15.7. The second-order valence-electron chi connectivity index (χ2n) is 6.32. The number of methoxy groups -OCH3 is 1. The van der Waals surface area contributed by atoms with Crippen LogP contribution < -0.4 is 10.1 Å². The van der Waals surface area contributed by atoms with E-state index in [4.69, 9.17) is 4.74 Å². The van der Waals surface area contributed by atoms with E-state index in [-0.39, 0.29) is 16.7 Å². The van der Waals surface area contributed by atoms with Crippen molar-refractivity contribution in [1.82, 2.24) is 4.90 Å². The highest BCUT2D eigenvalue weighted by atomic mass is 16.6. The van der Waals surface area contributed by atoms with Gasteiger partial charge in [0.25, 0.3) is 5.69 Å². The Morgan fingerprint density at radius 3 is 2.56 bits per heavy atom. The van der Waals surface area contributed by atoms with E-state index in [0.29, 0.717) is 11.4 Å². The maximum Gasteiger partial charge on any atom is 0.292 e. The standard InChI is InChI=1S/C19H23N3O3/c1-25-17-7-8-19(22(23)24)18(13-17)20-16-9-11-21(12-10-16)14-15-5-3-2-4-6-15/h2-8,13,16,20H,9-12,14H2,1H3. The molecular weight excluding hydrogens is 318 g/mol. The third kappa shape index (κ3) is 4.48. The molecule has 0 spiro atoms. The van der Waals surface area contributed by atoms with Crippen LogP contribution in [0.4, 0.5) is 11.4 Å². The van der Waals surface area contributed by atoms with E-state index in [1.165, 1.54) is 11.6 Å². The van der Waals surface area contributed by atoms with Gasteiger partial charge in [0.2, 0.25) is 0 Å². The summed E-state index contributed by atoms with van der Waals surface area (Å²) in [6, 6.07) is 15.5. The highest BCUT2D eigenvalue weighted by molar-refractivity contribution is 5.64. The minimum absolute atomic E-state index is 0.0903. The molecule has 0 bridgehead atoms. The minimum atomic E-state index is -0.355. The van der Waals surface area contributed by atoms with Gasteiger partial charge in [-0.1, -0.05) is 30.3 Å². The van der Waals surface area contributed by atoms with Crippen LogP contribution in [0.25, 0.3) is 0 Å². The molecule has 0 aromatic heterocycles. The number of ether oxygens (including phenoxy) is 1. The summed E-state index contributed by atoms with van der Waals surface area (Å²) in [5.41, 5.74) is 1.94. The molecule has 132 valence electrons. The number of nitrogens with one attached hydrogen (secondary N) is 1. The molecule has 1 saturated heterocycles. The number of likely N-dealkylation sites (tertiary alicyclic amines) is 1. The zero-order valence-electron chi connectivity index (χ0n) is 14.4. The first-order valence-corrected chi connectivity index (χ1v) is 8.51. The highest BCUT2D eigenvalue weighted by Crippen LogP contribution is 2.30. The van der Waals surface area contributed by atoms with Gasteiger partial charge in [-0.3, -0.25) is 15.0 Å². The predicted molar refractivity (Wildman–Crippen MR) is 98.0 cm³/mol. The van der Waals surface area contributed by atoms with E-state index < -0.39 is 0 Å². The van der Waals surface area contributed by atoms with Crippen molar-refractivity contribution < 1.29 is 9.66 Å². The van der Waals surface area contributed by atoms with Gasteiger partial charge in [-0.15, -0.1) is 0 Å². The number of piperidine rings is 1. The SMILES string of the molecule is COc1ccc([N+](=O)[O-])c(NC2CCN(Cc3ccccc3)CC2)c1. The molecule has 0 amide bonds. The third-order valence-corrected chi connectivity index (χ3v) is 4.60. The Hall–Kier alpha value is -2.60. The van der Waals surface area contributed by atoms with E-state index in [1.807, 2.05) is 6.07 Å². The Morgan fingerprint density at radius 2 is 1.92 bits per heavy atom. The molecule has 1 N–H and O–H groups in total. The van der Waals surface area contributed by atoms with Crippen LogP contribution in [0.2, 0.25) is 0 Å². The van der Waals surface area contributed by atoms with Gasteiger partial charge in [0, 0.05) is 37.8 Å². The topological polar surface area (TPSA) is 67.6 Å². The Kier molecular flexibility index (Phi) is 5.50. The number of nitrogens with zero attached hydrogens (tertiary/aromatic N) is 2. The molecule has 6 nitrogen and oxygen atoms in total. The number of nitro groups is 1. The maximum atomic E-state index is 11.2. The number of hydrogen-bond donors (Lipinski definition) is 1. The molecule has 3 rings (SSSR count). The predicted octanol–water partition coefficient (Wildman–Crippen LogP) is 3.68. The fourth-order valence-electron chi connectivity index (χ4n) is 3.21. The third-order valence-electron chi connectivity index (χ3n) is 4.60. The fourth-order valence-corrected chi connectivity index (χ4v) is 3.21. The molecule has 1 aliphatic heterocycles. The molecule has 2 aromatic rings. The highest BCUT2D eigenvalue weighted by Gasteiger charge is 2.22. The van der Waals surface area contributed by atoms with Crippen LogP contribution in [0, 0.1) is 10.1 Å². The average Bonchev–Trinajstić information content (AvgIpc) is 2.64. The summed E-state index contributed by atoms with van der Waals surface area (Å²) in [4.78, 5) is 13.3. The van der Waals surface area contributed by atoms with E-state index in [0.717, 1.165) is 32.5 Å². The van der Waals surface area contributed by atoms with Crippen molar-refractivity contribution in [3.8, 4) is 5.75 Å². The van der Waals surface area contributed by atoms with Gasteiger partial charge in [0.05, 0.1) is 12.0 Å². The van der Waals surface area contributed by atoms with Gasteiger partial charge in [0.1, 0.15) is 11.4 Å². The van der Waals surface area contributed by atoms with Crippen LogP contribution >= 0.6 is 0 Å². The van der Waals surface area contributed by atoms with Crippen molar-refractivity contribution in [2.75, 3.05) is 25.5 Å². The quantitative estimate of drug-likeness (QED) is 0.641. The van der Waals surface area contributed by atoms with Gasteiger partial charge in [-0.2, -0.15) is 0 Å². The largest absolute Gasteiger partial charge is 0.497 e. The zero-order chi connectivity index (χ0) is 17.6. The van der Waals surface area contributed by atoms with Crippen molar-refractivity contribution in [2.24, 2.45) is 0 Å². The van der Waals surface area contributed by atoms with Gasteiger partial charge in [0.15, 0.2) is 0 Å². The Morgan fingerprint density at radius 1 is 1.20 bits per heavy atom. The van der Waals surface area contributed by atoms with Crippen LogP contribution in [-0.4, -0.2) is 36.1 Å². The molecule has 6 heteroatoms. The number of rotatable bonds is 6. The van der Waals surface area contributed by atoms with Gasteiger partial charge >= 0.3 is 0 Å². The van der Waals surface area contributed by atoms with Gasteiger partial charge < -0.3 is 10.1 Å². The van der Waals surface area contributed by atoms with Crippen LogP contribution in [0.3, 0.4) is 0 Å². The molecule has 2 aromatic carbocycles. The summed E-state index contributed by atoms with van der Waals surface area (Å²) in [5, 5.41) is 14.6. The van der Waals surface area contributed by atoms with Crippen LogP contribution in [-0.2, 0) is 6.54 Å². The van der Waals surface area contributed by atoms with Crippen molar-refractivity contribution in [3.05, 3.63) is 64.2 Å². The molecule has 0 radical (unpaired) electrons. The molecule has 0 aliphatic carbocycles. The number of hydrogen-bond acceptors (Lipinski definition) is 5. The van der Waals surface area contributed by atoms with Crippen LogP contribution in [0.1, 0.15) is 18.4 Å². The summed E-state index contributed by atoms with van der Waals surface area (Å²) in [6.45, 7) is 2.90. The number of nitro benzene ring substituents is 1. The Labute approximate surface area is 147 Å². The molecule has 0 unspecified atom stereocenters. The lowest BCUT2D eigenvalue weighted by Gasteiger charge is -2.32. The molecule has 1 heterocycles. The Bertz CT molecular complexity index is 713. The van der Waals surface area contributed by atoms with E-state index in [2.05, 4.69) is 34.5 Å². The average molecular weight is 341 g/mol. The first-order valence-electron chi connectivity index (χ1n) is 8.51. The lowest BCUT2D eigenvalue weighted by molar-refractivity contribution is -0.384. The van der Waals surface area contributed by atoms with Crippen molar-refractivity contribution in [3.63, 3.8) is 0 Å². The molecule has 1 fully saturated rings. The fraction of sp³-hybridized carbons (Fsp3) is 0.368. The van der Waals surface area contributed by atoms with E-state index >= 15 is 0 Å². The lowest BCUT2D eigenvalue weighted by atomic mass is 10.0. The summed E-state index contributed by atoms with van der Waals surface area (Å²) < 4.78 is 5.19. The molecule has 1 aliphatic rings. The van der Waals surface area contributed by atoms with Crippen molar-refractivity contribution >= 4 is 11.4 Å². The van der Waals surface area contributed by atoms with Crippen LogP contribution in [0.15, 0.2) is 48.5 Å². The second-order valence-corrected chi connectivity index (χ2v) is 6.32. The zero-order valence-corrected chi connectivity index (χ0v) is 14.4. The molecular formula is C19H23N3O3. The first-order chi connectivity index (χ1) is 12.2. The van der Waals surface area contributed by atoms with E-state index in [9.17, 15) is 10.1 Å². The minimum Gasteiger partial charge on any atom is -0.497 e. The van der Waals surface area contributed by atoms with Crippen molar-refractivity contribution in [1.29, 1.82) is 0 Å². The van der Waals surface area contributed by atoms with Crippen molar-refractivity contribution in [2.45, 2.75) is 25.4 Å². The smallest absolute Gasteiger partial charge is 0.292 e. The Balaban J connectivity index is 1.59. The van der Waals surface area contributed by atoms with E-state index in [1.54, 1.807) is 19.2 Å². The number of benzene rings is 2. The first kappa shape index (κ1) is 17.2. The summed E-state index contributed by atoms with van der Waals surface area (Å²) in [7, 11) is 1.56. The summed E-state index contributed by atoms with van der Waals surface area (Å²) >= 11 is 0. The molecule has 0 atom stereocenters. The monoisotopic (exact) mass is 341 g/mol. The molecule has 25 heavy (non-hydrogen) atoms. The molecule has 0 saturated carbocycles. The number of anilines is 1. The van der Waals surface area contributed by atoms with Gasteiger partial charge in [-0.25, -0.2) is 0 Å².